The molecular weight excluding hydrogens is 358 g/mol. The fraction of sp³-hybridized carbons (Fsp3) is 0.364. The van der Waals surface area contributed by atoms with Gasteiger partial charge in [-0.1, -0.05) is 26.0 Å². The lowest BCUT2D eigenvalue weighted by atomic mass is 10.1. The number of phenolic OH excluding ortho intramolecular Hbond substituents is 1. The average Bonchev–Trinajstić information content (AvgIpc) is 2.68. The Labute approximate surface area is 165 Å². The zero-order chi connectivity index (χ0) is 20.5. The molecule has 2 N–H and O–H groups in total. The van der Waals surface area contributed by atoms with Crippen LogP contribution in [-0.4, -0.2) is 36.7 Å². The van der Waals surface area contributed by atoms with Gasteiger partial charge in [0.05, 0.1) is 13.7 Å². The number of hydrogen-bond acceptors (Lipinski definition) is 5. The molecule has 0 fully saturated rings. The summed E-state index contributed by atoms with van der Waals surface area (Å²) < 4.78 is 10.5. The minimum Gasteiger partial charge on any atom is -0.508 e. The molecule has 1 amide bonds. The molecule has 2 aromatic carbocycles. The van der Waals surface area contributed by atoms with Crippen LogP contribution in [0, 0.1) is 5.92 Å². The maximum Gasteiger partial charge on any atom is 0.328 e. The number of amides is 1. The summed E-state index contributed by atoms with van der Waals surface area (Å²) in [5.74, 6) is 0.496. The first-order chi connectivity index (χ1) is 13.4. The second-order valence-electron chi connectivity index (χ2n) is 6.98. The van der Waals surface area contributed by atoms with Crippen LogP contribution in [0.4, 0.5) is 0 Å². The van der Waals surface area contributed by atoms with Crippen LogP contribution in [-0.2, 0) is 16.0 Å². The highest BCUT2D eigenvalue weighted by Crippen LogP contribution is 2.15. The summed E-state index contributed by atoms with van der Waals surface area (Å²) in [6.45, 7) is 4.89. The number of methoxy groups -OCH3 is 1. The predicted molar refractivity (Wildman–Crippen MR) is 106 cm³/mol. The van der Waals surface area contributed by atoms with Crippen molar-refractivity contribution in [2.24, 2.45) is 5.92 Å². The number of benzene rings is 2. The van der Waals surface area contributed by atoms with Gasteiger partial charge in [0.2, 0.25) is 0 Å². The fourth-order valence-electron chi connectivity index (χ4n) is 2.56. The third-order valence-corrected chi connectivity index (χ3v) is 4.25. The SMILES string of the molecule is COC(=O)[C@@H](Cc1ccc(O)cc1)NC(=O)c1ccc(OCCC(C)C)cc1. The van der Waals surface area contributed by atoms with E-state index in [-0.39, 0.29) is 18.1 Å². The van der Waals surface area contributed by atoms with Gasteiger partial charge < -0.3 is 19.9 Å². The number of carbonyl (C=O) groups is 2. The van der Waals surface area contributed by atoms with Crippen molar-refractivity contribution < 1.29 is 24.2 Å². The van der Waals surface area contributed by atoms with Crippen LogP contribution in [0.2, 0.25) is 0 Å². The summed E-state index contributed by atoms with van der Waals surface area (Å²) in [5, 5.41) is 12.1. The third-order valence-electron chi connectivity index (χ3n) is 4.25. The maximum absolute atomic E-state index is 12.5. The van der Waals surface area contributed by atoms with Gasteiger partial charge in [0.25, 0.3) is 5.91 Å². The van der Waals surface area contributed by atoms with E-state index < -0.39 is 12.0 Å². The van der Waals surface area contributed by atoms with E-state index in [1.807, 2.05) is 0 Å². The number of hydrogen-bond donors (Lipinski definition) is 2. The van der Waals surface area contributed by atoms with Crippen molar-refractivity contribution in [2.45, 2.75) is 32.7 Å². The Balaban J connectivity index is 2.00. The number of ether oxygens (including phenoxy) is 2. The smallest absolute Gasteiger partial charge is 0.328 e. The van der Waals surface area contributed by atoms with E-state index in [1.165, 1.54) is 19.2 Å². The molecule has 150 valence electrons. The van der Waals surface area contributed by atoms with E-state index in [0.717, 1.165) is 12.0 Å². The second-order valence-corrected chi connectivity index (χ2v) is 6.98. The predicted octanol–water partition coefficient (Wildman–Crippen LogP) is 3.33. The first kappa shape index (κ1) is 21.3. The molecule has 2 aromatic rings. The zero-order valence-electron chi connectivity index (χ0n) is 16.5. The Hall–Kier alpha value is -3.02. The van der Waals surface area contributed by atoms with Gasteiger partial charge in [-0.2, -0.15) is 0 Å². The van der Waals surface area contributed by atoms with Gasteiger partial charge in [-0.3, -0.25) is 4.79 Å². The number of carbonyl (C=O) groups excluding carboxylic acids is 2. The monoisotopic (exact) mass is 385 g/mol. The molecule has 0 radical (unpaired) electrons. The van der Waals surface area contributed by atoms with Gasteiger partial charge in [0.15, 0.2) is 0 Å². The molecule has 1 atom stereocenters. The first-order valence-electron chi connectivity index (χ1n) is 9.28. The van der Waals surface area contributed by atoms with Crippen molar-refractivity contribution in [3.63, 3.8) is 0 Å². The Bertz CT molecular complexity index is 769. The van der Waals surface area contributed by atoms with E-state index in [4.69, 9.17) is 9.47 Å². The van der Waals surface area contributed by atoms with Crippen LogP contribution in [0.25, 0.3) is 0 Å². The Morgan fingerprint density at radius 3 is 2.25 bits per heavy atom. The van der Waals surface area contributed by atoms with E-state index in [1.54, 1.807) is 36.4 Å². The quantitative estimate of drug-likeness (QED) is 0.647. The lowest BCUT2D eigenvalue weighted by Gasteiger charge is -2.17. The van der Waals surface area contributed by atoms with E-state index in [2.05, 4.69) is 19.2 Å². The Kier molecular flexibility index (Phi) is 7.87. The van der Waals surface area contributed by atoms with Gasteiger partial charge in [0, 0.05) is 12.0 Å². The molecule has 0 bridgehead atoms. The van der Waals surface area contributed by atoms with Crippen LogP contribution in [0.5, 0.6) is 11.5 Å². The largest absolute Gasteiger partial charge is 0.508 e. The van der Waals surface area contributed by atoms with Gasteiger partial charge in [0.1, 0.15) is 17.5 Å². The molecule has 6 heteroatoms. The normalized spacial score (nSPS) is 11.7. The van der Waals surface area contributed by atoms with Crippen molar-refractivity contribution in [1.82, 2.24) is 5.32 Å². The van der Waals surface area contributed by atoms with Crippen LogP contribution >= 0.6 is 0 Å². The number of phenols is 1. The van der Waals surface area contributed by atoms with Crippen molar-refractivity contribution in [3.8, 4) is 11.5 Å². The summed E-state index contributed by atoms with van der Waals surface area (Å²) >= 11 is 0. The van der Waals surface area contributed by atoms with Crippen LogP contribution < -0.4 is 10.1 Å². The molecule has 0 saturated carbocycles. The minimum atomic E-state index is -0.830. The number of nitrogens with one attached hydrogen (secondary N) is 1. The van der Waals surface area contributed by atoms with Crippen molar-refractivity contribution in [1.29, 1.82) is 0 Å². The third kappa shape index (κ3) is 6.61. The Morgan fingerprint density at radius 1 is 1.04 bits per heavy atom. The molecule has 0 unspecified atom stereocenters. The lowest BCUT2D eigenvalue weighted by Crippen LogP contribution is -2.43. The van der Waals surface area contributed by atoms with Crippen molar-refractivity contribution >= 4 is 11.9 Å². The molecule has 0 heterocycles. The van der Waals surface area contributed by atoms with Crippen LogP contribution in [0.15, 0.2) is 48.5 Å². The molecule has 2 rings (SSSR count). The molecule has 0 saturated heterocycles. The molecule has 0 spiro atoms. The molecular formula is C22H27NO5. The van der Waals surface area contributed by atoms with Gasteiger partial charge in [-0.05, 0) is 54.3 Å². The minimum absolute atomic E-state index is 0.137. The molecule has 6 nitrogen and oxygen atoms in total. The van der Waals surface area contributed by atoms with Crippen molar-refractivity contribution in [3.05, 3.63) is 59.7 Å². The number of esters is 1. The van der Waals surface area contributed by atoms with E-state index in [9.17, 15) is 14.7 Å². The maximum atomic E-state index is 12.5. The molecule has 28 heavy (non-hydrogen) atoms. The molecule has 0 aromatic heterocycles. The van der Waals surface area contributed by atoms with Gasteiger partial charge in [-0.15, -0.1) is 0 Å². The summed E-state index contributed by atoms with van der Waals surface area (Å²) in [4.78, 5) is 24.6. The topological polar surface area (TPSA) is 84.9 Å². The molecule has 0 aliphatic rings. The van der Waals surface area contributed by atoms with E-state index >= 15 is 0 Å². The summed E-state index contributed by atoms with van der Waals surface area (Å²) in [6, 6.07) is 12.4. The standard InChI is InChI=1S/C22H27NO5/c1-15(2)12-13-28-19-10-6-17(7-11-19)21(25)23-20(22(26)27-3)14-16-4-8-18(24)9-5-16/h4-11,15,20,24H,12-14H2,1-3H3,(H,23,25)/t20-/m1/s1. The summed E-state index contributed by atoms with van der Waals surface area (Å²) in [6.07, 6.45) is 1.22. The van der Waals surface area contributed by atoms with Gasteiger partial charge in [-0.25, -0.2) is 4.79 Å². The first-order valence-corrected chi connectivity index (χ1v) is 9.28. The van der Waals surface area contributed by atoms with Gasteiger partial charge >= 0.3 is 5.97 Å². The average molecular weight is 385 g/mol. The zero-order valence-corrected chi connectivity index (χ0v) is 16.5. The number of rotatable bonds is 9. The summed E-state index contributed by atoms with van der Waals surface area (Å²) in [7, 11) is 1.28. The fourth-order valence-corrected chi connectivity index (χ4v) is 2.56. The highest BCUT2D eigenvalue weighted by molar-refractivity contribution is 5.96. The van der Waals surface area contributed by atoms with Crippen molar-refractivity contribution in [2.75, 3.05) is 13.7 Å². The Morgan fingerprint density at radius 2 is 1.68 bits per heavy atom. The van der Waals surface area contributed by atoms with E-state index in [0.29, 0.717) is 23.8 Å². The summed E-state index contributed by atoms with van der Waals surface area (Å²) in [5.41, 5.74) is 1.22. The lowest BCUT2D eigenvalue weighted by molar-refractivity contribution is -0.142. The molecule has 0 aliphatic carbocycles. The highest BCUT2D eigenvalue weighted by atomic mass is 16.5. The van der Waals surface area contributed by atoms with Crippen LogP contribution in [0.3, 0.4) is 0 Å². The molecule has 0 aliphatic heterocycles. The number of aromatic hydroxyl groups is 1. The highest BCUT2D eigenvalue weighted by Gasteiger charge is 2.22. The second kappa shape index (κ2) is 10.3. The van der Waals surface area contributed by atoms with Crippen LogP contribution in [0.1, 0.15) is 36.2 Å².